The summed E-state index contributed by atoms with van der Waals surface area (Å²) in [6.07, 6.45) is 0. The Kier molecular flexibility index (Phi) is 8.02. The van der Waals surface area contributed by atoms with Crippen molar-refractivity contribution in [3.63, 3.8) is 0 Å². The number of Topliss-reactive ketones (excluding diaryl/α,β-unsaturated/α-hetero) is 1. The maximum atomic E-state index is 12.2. The molecular formula is C21H23NO7. The first-order valence-corrected chi connectivity index (χ1v) is 8.91. The van der Waals surface area contributed by atoms with Gasteiger partial charge in [0.05, 0.1) is 26.4 Å². The molecule has 0 heterocycles. The molecule has 8 heteroatoms. The lowest BCUT2D eigenvalue weighted by Crippen LogP contribution is -2.31. The van der Waals surface area contributed by atoms with Gasteiger partial charge in [-0.25, -0.2) is 0 Å². The highest BCUT2D eigenvalue weighted by atomic mass is 16.5. The topological polar surface area (TPSA) is 100 Å². The predicted octanol–water partition coefficient (Wildman–Crippen LogP) is 2.26. The van der Waals surface area contributed by atoms with Crippen molar-refractivity contribution in [3.8, 4) is 17.2 Å². The van der Waals surface area contributed by atoms with Gasteiger partial charge in [-0.1, -0.05) is 12.1 Å². The molecule has 0 saturated carbocycles. The van der Waals surface area contributed by atoms with E-state index >= 15 is 0 Å². The normalized spacial score (nSPS) is 10.0. The van der Waals surface area contributed by atoms with Gasteiger partial charge in [0, 0.05) is 5.56 Å². The number of benzene rings is 2. The van der Waals surface area contributed by atoms with Crippen molar-refractivity contribution in [2.45, 2.75) is 6.92 Å². The number of esters is 1. The summed E-state index contributed by atoms with van der Waals surface area (Å²) in [7, 11) is 2.95. The minimum atomic E-state index is -0.735. The van der Waals surface area contributed by atoms with Gasteiger partial charge < -0.3 is 24.3 Å². The van der Waals surface area contributed by atoms with E-state index in [4.69, 9.17) is 18.9 Å². The predicted molar refractivity (Wildman–Crippen MR) is 105 cm³/mol. The first-order chi connectivity index (χ1) is 14.0. The Morgan fingerprint density at radius 2 is 1.66 bits per heavy atom. The van der Waals surface area contributed by atoms with Crippen molar-refractivity contribution in [2.75, 3.05) is 34.0 Å². The van der Waals surface area contributed by atoms with E-state index in [-0.39, 0.29) is 6.54 Å². The molecule has 0 aromatic heterocycles. The van der Waals surface area contributed by atoms with E-state index in [9.17, 15) is 14.4 Å². The molecule has 0 fully saturated rings. The number of rotatable bonds is 10. The molecule has 0 bridgehead atoms. The van der Waals surface area contributed by atoms with Crippen LogP contribution in [0, 0.1) is 0 Å². The average molecular weight is 401 g/mol. The zero-order valence-electron chi connectivity index (χ0n) is 16.5. The average Bonchev–Trinajstić information content (AvgIpc) is 2.75. The monoisotopic (exact) mass is 401 g/mol. The molecular weight excluding hydrogens is 378 g/mol. The number of nitrogens with one attached hydrogen (secondary N) is 1. The largest absolute Gasteiger partial charge is 0.493 e. The van der Waals surface area contributed by atoms with E-state index < -0.39 is 24.3 Å². The van der Waals surface area contributed by atoms with Gasteiger partial charge in [-0.05, 0) is 37.3 Å². The van der Waals surface area contributed by atoms with E-state index in [2.05, 4.69) is 5.32 Å². The Morgan fingerprint density at radius 3 is 2.34 bits per heavy atom. The summed E-state index contributed by atoms with van der Waals surface area (Å²) in [5, 5.41) is 2.45. The van der Waals surface area contributed by atoms with E-state index in [1.54, 1.807) is 36.4 Å². The van der Waals surface area contributed by atoms with Crippen molar-refractivity contribution in [3.05, 3.63) is 53.6 Å². The van der Waals surface area contributed by atoms with Crippen LogP contribution in [0.25, 0.3) is 0 Å². The van der Waals surface area contributed by atoms with Gasteiger partial charge in [-0.15, -0.1) is 0 Å². The molecule has 8 nitrogen and oxygen atoms in total. The second-order valence-electron chi connectivity index (χ2n) is 5.77. The summed E-state index contributed by atoms with van der Waals surface area (Å²) >= 11 is 0. The van der Waals surface area contributed by atoms with Crippen molar-refractivity contribution < 1.29 is 33.3 Å². The Labute approximate surface area is 168 Å². The van der Waals surface area contributed by atoms with Crippen LogP contribution in [-0.4, -0.2) is 51.6 Å². The lowest BCUT2D eigenvalue weighted by molar-refractivity contribution is -0.141. The lowest BCUT2D eigenvalue weighted by atomic mass is 10.1. The number of para-hydroxylation sites is 1. The van der Waals surface area contributed by atoms with Crippen LogP contribution < -0.4 is 19.5 Å². The number of carbonyl (C=O) groups is 3. The van der Waals surface area contributed by atoms with E-state index in [1.807, 2.05) is 6.92 Å². The maximum Gasteiger partial charge on any atom is 0.325 e. The molecule has 0 radical (unpaired) electrons. The van der Waals surface area contributed by atoms with E-state index in [0.717, 1.165) is 0 Å². The van der Waals surface area contributed by atoms with Crippen molar-refractivity contribution in [2.24, 2.45) is 0 Å². The third-order valence-electron chi connectivity index (χ3n) is 3.89. The fourth-order valence-corrected chi connectivity index (χ4v) is 2.47. The Balaban J connectivity index is 1.87. The molecule has 29 heavy (non-hydrogen) atoms. The van der Waals surface area contributed by atoms with Crippen LogP contribution in [0.1, 0.15) is 27.6 Å². The van der Waals surface area contributed by atoms with Crippen LogP contribution in [0.15, 0.2) is 42.5 Å². The third-order valence-corrected chi connectivity index (χ3v) is 3.89. The second kappa shape index (κ2) is 10.7. The number of hydrogen-bond acceptors (Lipinski definition) is 7. The minimum absolute atomic E-state index is 0.309. The van der Waals surface area contributed by atoms with Gasteiger partial charge in [-0.3, -0.25) is 14.4 Å². The van der Waals surface area contributed by atoms with E-state index in [1.165, 1.54) is 20.3 Å². The van der Waals surface area contributed by atoms with Gasteiger partial charge in [0.15, 0.2) is 23.9 Å². The molecule has 0 spiro atoms. The molecule has 1 N–H and O–H groups in total. The fourth-order valence-electron chi connectivity index (χ4n) is 2.47. The van der Waals surface area contributed by atoms with Crippen LogP contribution in [0.3, 0.4) is 0 Å². The molecule has 2 aromatic carbocycles. The summed E-state index contributed by atoms with van der Waals surface area (Å²) in [5.74, 6) is -0.323. The van der Waals surface area contributed by atoms with Crippen LogP contribution in [0.4, 0.5) is 0 Å². The molecule has 0 aliphatic carbocycles. The van der Waals surface area contributed by atoms with Gasteiger partial charge in [-0.2, -0.15) is 0 Å². The fraction of sp³-hybridized carbons (Fsp3) is 0.286. The van der Waals surface area contributed by atoms with Crippen molar-refractivity contribution >= 4 is 17.7 Å². The van der Waals surface area contributed by atoms with Crippen molar-refractivity contribution in [1.82, 2.24) is 5.32 Å². The summed E-state index contributed by atoms with van der Waals surface area (Å²) in [5.41, 5.74) is 0.619. The minimum Gasteiger partial charge on any atom is -0.493 e. The first kappa shape index (κ1) is 21.7. The molecule has 0 aliphatic heterocycles. The summed E-state index contributed by atoms with van der Waals surface area (Å²) < 4.78 is 20.6. The standard InChI is InChI=1S/C21H23NO7/c1-4-28-17-8-6-5-7-15(17)21(25)22-12-20(24)29-13-16(23)14-9-10-18(26-2)19(11-14)27-3/h5-11H,4,12-13H2,1-3H3,(H,22,25). The van der Waals surface area contributed by atoms with Crippen LogP contribution in [-0.2, 0) is 9.53 Å². The molecule has 2 rings (SSSR count). The smallest absolute Gasteiger partial charge is 0.325 e. The molecule has 0 aliphatic rings. The summed E-state index contributed by atoms with van der Waals surface area (Å²) in [6, 6.07) is 11.3. The summed E-state index contributed by atoms with van der Waals surface area (Å²) in [6.45, 7) is 1.38. The second-order valence-corrected chi connectivity index (χ2v) is 5.77. The first-order valence-electron chi connectivity index (χ1n) is 8.91. The number of ketones is 1. The highest BCUT2D eigenvalue weighted by Crippen LogP contribution is 2.27. The Bertz CT molecular complexity index is 879. The van der Waals surface area contributed by atoms with Crippen LogP contribution >= 0.6 is 0 Å². The molecule has 0 unspecified atom stereocenters. The molecule has 0 saturated heterocycles. The SMILES string of the molecule is CCOc1ccccc1C(=O)NCC(=O)OCC(=O)c1ccc(OC)c(OC)c1. The highest BCUT2D eigenvalue weighted by Gasteiger charge is 2.16. The third kappa shape index (κ3) is 5.97. The molecule has 2 aromatic rings. The van der Waals surface area contributed by atoms with Gasteiger partial charge in [0.25, 0.3) is 5.91 Å². The van der Waals surface area contributed by atoms with Crippen molar-refractivity contribution in [1.29, 1.82) is 0 Å². The lowest BCUT2D eigenvalue weighted by Gasteiger charge is -2.11. The number of ether oxygens (including phenoxy) is 4. The van der Waals surface area contributed by atoms with Crippen LogP contribution in [0.2, 0.25) is 0 Å². The van der Waals surface area contributed by atoms with Gasteiger partial charge >= 0.3 is 5.97 Å². The zero-order chi connectivity index (χ0) is 21.2. The molecule has 154 valence electrons. The molecule has 1 amide bonds. The number of hydrogen-bond donors (Lipinski definition) is 1. The van der Waals surface area contributed by atoms with Gasteiger partial charge in [0.2, 0.25) is 0 Å². The zero-order valence-corrected chi connectivity index (χ0v) is 16.5. The number of methoxy groups -OCH3 is 2. The summed E-state index contributed by atoms with van der Waals surface area (Å²) in [4.78, 5) is 36.3. The molecule has 0 atom stereocenters. The highest BCUT2D eigenvalue weighted by molar-refractivity contribution is 6.00. The Hall–Kier alpha value is -3.55. The maximum absolute atomic E-state index is 12.2. The number of carbonyl (C=O) groups excluding carboxylic acids is 3. The number of amides is 1. The van der Waals surface area contributed by atoms with Gasteiger partial charge in [0.1, 0.15) is 12.3 Å². The quantitative estimate of drug-likeness (QED) is 0.481. The van der Waals surface area contributed by atoms with Crippen LogP contribution in [0.5, 0.6) is 17.2 Å². The van der Waals surface area contributed by atoms with E-state index in [0.29, 0.717) is 35.0 Å². The Morgan fingerprint density at radius 1 is 0.931 bits per heavy atom.